The average Bonchev–Trinajstić information content (AvgIpc) is 2.55. The molecule has 0 spiro atoms. The molecule has 0 N–H and O–H groups in total. The molecule has 1 aliphatic heterocycles. The van der Waals surface area contributed by atoms with Gasteiger partial charge in [-0.3, -0.25) is 0 Å². The molecular formula is C16H21N5O2. The van der Waals surface area contributed by atoms with Crippen molar-refractivity contribution in [2.24, 2.45) is 0 Å². The molecule has 3 heterocycles. The lowest BCUT2D eigenvalue weighted by molar-refractivity contribution is 0.163. The van der Waals surface area contributed by atoms with Gasteiger partial charge in [-0.2, -0.15) is 9.97 Å². The third-order valence-corrected chi connectivity index (χ3v) is 3.77. The number of nitrogens with zero attached hydrogens (tertiary/aromatic N) is 5. The first-order chi connectivity index (χ1) is 11.1. The summed E-state index contributed by atoms with van der Waals surface area (Å²) >= 11 is 0. The van der Waals surface area contributed by atoms with Crippen molar-refractivity contribution in [3.63, 3.8) is 0 Å². The molecule has 0 amide bonds. The number of piperidine rings is 1. The Labute approximate surface area is 135 Å². The predicted molar refractivity (Wildman–Crippen MR) is 86.0 cm³/mol. The van der Waals surface area contributed by atoms with Crippen molar-refractivity contribution in [1.82, 2.24) is 19.9 Å². The lowest BCUT2D eigenvalue weighted by Crippen LogP contribution is -2.42. The van der Waals surface area contributed by atoms with Crippen LogP contribution in [0.5, 0.6) is 11.8 Å². The van der Waals surface area contributed by atoms with E-state index in [1.54, 1.807) is 19.5 Å². The molecule has 0 aromatic carbocycles. The summed E-state index contributed by atoms with van der Waals surface area (Å²) < 4.78 is 11.0. The Morgan fingerprint density at radius 1 is 1.17 bits per heavy atom. The highest BCUT2D eigenvalue weighted by Gasteiger charge is 2.23. The smallest absolute Gasteiger partial charge is 0.316 e. The van der Waals surface area contributed by atoms with E-state index in [1.807, 2.05) is 19.9 Å². The minimum absolute atomic E-state index is 0.0488. The molecule has 1 aliphatic rings. The van der Waals surface area contributed by atoms with Crippen LogP contribution in [0.25, 0.3) is 0 Å². The van der Waals surface area contributed by atoms with Gasteiger partial charge in [0, 0.05) is 18.3 Å². The SMILES string of the molecule is COc1cnc(OC2CCCN(c3cc(C)nc(C)n3)C2)nc1. The van der Waals surface area contributed by atoms with Gasteiger partial charge in [-0.15, -0.1) is 0 Å². The van der Waals surface area contributed by atoms with Crippen molar-refractivity contribution < 1.29 is 9.47 Å². The minimum Gasteiger partial charge on any atom is -0.494 e. The molecule has 0 bridgehead atoms. The number of ether oxygens (including phenoxy) is 2. The summed E-state index contributed by atoms with van der Waals surface area (Å²) in [6.45, 7) is 5.64. The second-order valence-corrected chi connectivity index (χ2v) is 5.65. The van der Waals surface area contributed by atoms with E-state index >= 15 is 0 Å². The summed E-state index contributed by atoms with van der Waals surface area (Å²) in [7, 11) is 1.59. The summed E-state index contributed by atoms with van der Waals surface area (Å²) in [5.74, 6) is 2.37. The second-order valence-electron chi connectivity index (χ2n) is 5.65. The molecule has 2 aromatic rings. The van der Waals surface area contributed by atoms with E-state index in [2.05, 4.69) is 24.8 Å². The number of aromatic nitrogens is 4. The Morgan fingerprint density at radius 2 is 1.96 bits per heavy atom. The van der Waals surface area contributed by atoms with E-state index in [0.29, 0.717) is 11.8 Å². The highest BCUT2D eigenvalue weighted by molar-refractivity contribution is 5.40. The zero-order chi connectivity index (χ0) is 16.2. The number of aryl methyl sites for hydroxylation is 2. The number of methoxy groups -OCH3 is 1. The summed E-state index contributed by atoms with van der Waals surface area (Å²) in [6, 6.07) is 2.40. The number of hydrogen-bond acceptors (Lipinski definition) is 7. The predicted octanol–water partition coefficient (Wildman–Crippen LogP) is 1.94. The Balaban J connectivity index is 1.67. The first-order valence-corrected chi connectivity index (χ1v) is 7.74. The van der Waals surface area contributed by atoms with Crippen molar-refractivity contribution in [2.45, 2.75) is 32.8 Å². The molecule has 2 aromatic heterocycles. The lowest BCUT2D eigenvalue weighted by Gasteiger charge is -2.33. The summed E-state index contributed by atoms with van der Waals surface area (Å²) in [6.07, 6.45) is 5.30. The normalized spacial score (nSPS) is 17.9. The van der Waals surface area contributed by atoms with Gasteiger partial charge in [0.15, 0.2) is 5.75 Å². The quantitative estimate of drug-likeness (QED) is 0.853. The van der Waals surface area contributed by atoms with Gasteiger partial charge >= 0.3 is 6.01 Å². The van der Waals surface area contributed by atoms with Gasteiger partial charge < -0.3 is 14.4 Å². The fraction of sp³-hybridized carbons (Fsp3) is 0.500. The number of rotatable bonds is 4. The van der Waals surface area contributed by atoms with Crippen LogP contribution in [0.4, 0.5) is 5.82 Å². The third-order valence-electron chi connectivity index (χ3n) is 3.77. The van der Waals surface area contributed by atoms with E-state index in [4.69, 9.17) is 9.47 Å². The van der Waals surface area contributed by atoms with E-state index < -0.39 is 0 Å². The third kappa shape index (κ3) is 3.85. The fourth-order valence-corrected chi connectivity index (χ4v) is 2.72. The van der Waals surface area contributed by atoms with Gasteiger partial charge in [-0.05, 0) is 26.7 Å². The number of anilines is 1. The first-order valence-electron chi connectivity index (χ1n) is 7.74. The highest BCUT2D eigenvalue weighted by atomic mass is 16.5. The molecule has 1 atom stereocenters. The minimum atomic E-state index is 0.0488. The Bertz CT molecular complexity index is 642. The van der Waals surface area contributed by atoms with Crippen molar-refractivity contribution in [2.75, 3.05) is 25.1 Å². The maximum Gasteiger partial charge on any atom is 0.316 e. The monoisotopic (exact) mass is 315 g/mol. The Morgan fingerprint density at radius 3 is 2.65 bits per heavy atom. The van der Waals surface area contributed by atoms with Crippen LogP contribution in [0.15, 0.2) is 18.5 Å². The summed E-state index contributed by atoms with van der Waals surface area (Å²) in [5.41, 5.74) is 0.981. The van der Waals surface area contributed by atoms with Crippen molar-refractivity contribution in [1.29, 1.82) is 0 Å². The Hall–Kier alpha value is -2.44. The molecule has 7 heteroatoms. The molecule has 3 rings (SSSR count). The molecule has 0 radical (unpaired) electrons. The molecule has 0 aliphatic carbocycles. The van der Waals surface area contributed by atoms with Crippen LogP contribution < -0.4 is 14.4 Å². The lowest BCUT2D eigenvalue weighted by atomic mass is 10.1. The van der Waals surface area contributed by atoms with Crippen LogP contribution >= 0.6 is 0 Å². The molecule has 122 valence electrons. The van der Waals surface area contributed by atoms with Crippen LogP contribution in [0, 0.1) is 13.8 Å². The van der Waals surface area contributed by atoms with Crippen molar-refractivity contribution in [3.05, 3.63) is 30.0 Å². The zero-order valence-corrected chi connectivity index (χ0v) is 13.7. The summed E-state index contributed by atoms with van der Waals surface area (Å²) in [5, 5.41) is 0. The van der Waals surface area contributed by atoms with Gasteiger partial charge in [0.25, 0.3) is 0 Å². The van der Waals surface area contributed by atoms with E-state index in [1.165, 1.54) is 0 Å². The van der Waals surface area contributed by atoms with Crippen LogP contribution in [-0.4, -0.2) is 46.2 Å². The molecular weight excluding hydrogens is 294 g/mol. The van der Waals surface area contributed by atoms with Crippen LogP contribution in [0.3, 0.4) is 0 Å². The molecule has 0 saturated carbocycles. The van der Waals surface area contributed by atoms with Crippen molar-refractivity contribution >= 4 is 5.82 Å². The van der Waals surface area contributed by atoms with E-state index in [-0.39, 0.29) is 6.10 Å². The topological polar surface area (TPSA) is 73.3 Å². The fourth-order valence-electron chi connectivity index (χ4n) is 2.72. The van der Waals surface area contributed by atoms with Gasteiger partial charge in [0.05, 0.1) is 26.0 Å². The van der Waals surface area contributed by atoms with Crippen LogP contribution in [0.2, 0.25) is 0 Å². The maximum atomic E-state index is 5.90. The van der Waals surface area contributed by atoms with Crippen molar-refractivity contribution in [3.8, 4) is 11.8 Å². The van der Waals surface area contributed by atoms with Crippen LogP contribution in [0.1, 0.15) is 24.4 Å². The van der Waals surface area contributed by atoms with E-state index in [0.717, 1.165) is 43.3 Å². The van der Waals surface area contributed by atoms with Gasteiger partial charge in [0.1, 0.15) is 17.7 Å². The largest absolute Gasteiger partial charge is 0.494 e. The zero-order valence-electron chi connectivity index (χ0n) is 13.7. The highest BCUT2D eigenvalue weighted by Crippen LogP contribution is 2.21. The van der Waals surface area contributed by atoms with Crippen LogP contribution in [-0.2, 0) is 0 Å². The van der Waals surface area contributed by atoms with E-state index in [9.17, 15) is 0 Å². The maximum absolute atomic E-state index is 5.90. The van der Waals surface area contributed by atoms with Gasteiger partial charge in [-0.25, -0.2) is 9.97 Å². The first kappa shape index (κ1) is 15.5. The molecule has 1 unspecified atom stereocenters. The standard InChI is InChI=1S/C16H21N5O2/c1-11-7-15(20-12(2)19-11)21-6-4-5-13(10-21)23-16-17-8-14(22-3)9-18-16/h7-9,13H,4-6,10H2,1-3H3. The van der Waals surface area contributed by atoms with Gasteiger partial charge in [0.2, 0.25) is 0 Å². The molecule has 1 fully saturated rings. The molecule has 7 nitrogen and oxygen atoms in total. The summed E-state index contributed by atoms with van der Waals surface area (Å²) in [4.78, 5) is 19.4. The molecule has 23 heavy (non-hydrogen) atoms. The number of hydrogen-bond donors (Lipinski definition) is 0. The Kier molecular flexibility index (Phi) is 4.55. The molecule has 1 saturated heterocycles. The second kappa shape index (κ2) is 6.76. The van der Waals surface area contributed by atoms with Gasteiger partial charge in [-0.1, -0.05) is 0 Å². The average molecular weight is 315 g/mol.